The summed E-state index contributed by atoms with van der Waals surface area (Å²) in [6, 6.07) is 6.55. The number of aromatic hydroxyl groups is 2. The van der Waals surface area contributed by atoms with Crippen molar-refractivity contribution >= 4 is 17.7 Å². The number of hydrogen-bond acceptors (Lipinski definition) is 9. The van der Waals surface area contributed by atoms with Crippen LogP contribution >= 0.6 is 0 Å². The van der Waals surface area contributed by atoms with Gasteiger partial charge < -0.3 is 48.5 Å². The lowest BCUT2D eigenvalue weighted by molar-refractivity contribution is -0.132. The van der Waals surface area contributed by atoms with Crippen molar-refractivity contribution in [3.8, 4) is 22.6 Å². The van der Waals surface area contributed by atoms with Gasteiger partial charge in [0.2, 0.25) is 17.7 Å². The molecule has 12 N–H and O–H groups in total. The van der Waals surface area contributed by atoms with Crippen molar-refractivity contribution in [3.05, 3.63) is 47.5 Å². The molecule has 1 unspecified atom stereocenters. The van der Waals surface area contributed by atoms with Crippen LogP contribution in [0.25, 0.3) is 11.1 Å². The SMILES string of the molecule is NCCC[C@@H]1NC(=O)[C@@H](N)Cc2cc(ccc2O)-c2ccc(O)c(c2)CC(C(=O)NCCC[C@H](N)CCO)NC1=O. The summed E-state index contributed by atoms with van der Waals surface area (Å²) in [5.41, 5.74) is 20.1. The predicted octanol–water partition coefficient (Wildman–Crippen LogP) is -0.495. The number of amides is 3. The van der Waals surface area contributed by atoms with Crippen LogP contribution in [0.1, 0.15) is 43.2 Å². The average molecular weight is 571 g/mol. The Balaban J connectivity index is 1.95. The van der Waals surface area contributed by atoms with E-state index < -0.39 is 35.8 Å². The molecule has 1 heterocycles. The molecule has 3 amide bonds. The molecule has 12 nitrogen and oxygen atoms in total. The fraction of sp³-hybridized carbons (Fsp3) is 0.483. The number of aliphatic hydroxyl groups excluding tert-OH is 1. The van der Waals surface area contributed by atoms with E-state index in [-0.39, 0.29) is 50.0 Å². The molecule has 0 radical (unpaired) electrons. The predicted molar refractivity (Wildman–Crippen MR) is 155 cm³/mol. The highest BCUT2D eigenvalue weighted by molar-refractivity contribution is 5.93. The Morgan fingerprint density at radius 2 is 1.59 bits per heavy atom. The van der Waals surface area contributed by atoms with E-state index in [1.165, 1.54) is 12.1 Å². The molecule has 41 heavy (non-hydrogen) atoms. The van der Waals surface area contributed by atoms with Gasteiger partial charge in [-0.1, -0.05) is 12.1 Å². The van der Waals surface area contributed by atoms with Crippen LogP contribution in [0.2, 0.25) is 0 Å². The van der Waals surface area contributed by atoms with Crippen molar-refractivity contribution in [1.29, 1.82) is 0 Å². The van der Waals surface area contributed by atoms with Gasteiger partial charge in [0.1, 0.15) is 23.6 Å². The molecule has 0 fully saturated rings. The summed E-state index contributed by atoms with van der Waals surface area (Å²) < 4.78 is 0. The minimum atomic E-state index is -1.07. The number of benzene rings is 2. The van der Waals surface area contributed by atoms with E-state index in [0.717, 1.165) is 0 Å². The number of nitrogens with two attached hydrogens (primary N) is 3. The highest BCUT2D eigenvalue weighted by Gasteiger charge is 2.29. The van der Waals surface area contributed by atoms with E-state index in [1.54, 1.807) is 24.3 Å². The van der Waals surface area contributed by atoms with Crippen LogP contribution in [0.3, 0.4) is 0 Å². The van der Waals surface area contributed by atoms with E-state index in [2.05, 4.69) is 16.0 Å². The Hall–Kier alpha value is -3.71. The molecule has 0 aliphatic carbocycles. The van der Waals surface area contributed by atoms with Gasteiger partial charge in [0.15, 0.2) is 0 Å². The average Bonchev–Trinajstić information content (AvgIpc) is 2.94. The highest BCUT2D eigenvalue weighted by atomic mass is 16.3. The van der Waals surface area contributed by atoms with Crippen LogP contribution in [0, 0.1) is 0 Å². The molecule has 1 aliphatic heterocycles. The number of carbonyl (C=O) groups excluding carboxylic acids is 3. The van der Waals surface area contributed by atoms with Crippen LogP contribution in [0.5, 0.6) is 11.5 Å². The first kappa shape index (κ1) is 31.8. The molecule has 3 rings (SSSR count). The lowest BCUT2D eigenvalue weighted by atomic mass is 9.95. The molecule has 12 heteroatoms. The van der Waals surface area contributed by atoms with Gasteiger partial charge in [0.25, 0.3) is 0 Å². The fourth-order valence-corrected chi connectivity index (χ4v) is 4.77. The van der Waals surface area contributed by atoms with E-state index in [4.69, 9.17) is 22.3 Å². The first-order valence-corrected chi connectivity index (χ1v) is 14.0. The molecular formula is C29H42N6O6. The highest BCUT2D eigenvalue weighted by Crippen LogP contribution is 2.30. The van der Waals surface area contributed by atoms with Crippen LogP contribution in [0.15, 0.2) is 36.4 Å². The van der Waals surface area contributed by atoms with Crippen molar-refractivity contribution in [2.24, 2.45) is 17.2 Å². The minimum absolute atomic E-state index is 0.0115. The second kappa shape index (κ2) is 15.3. The van der Waals surface area contributed by atoms with E-state index in [1.807, 2.05) is 0 Å². The van der Waals surface area contributed by atoms with Crippen LogP contribution in [0.4, 0.5) is 0 Å². The third-order valence-corrected chi connectivity index (χ3v) is 7.21. The maximum Gasteiger partial charge on any atom is 0.243 e. The topological polar surface area (TPSA) is 226 Å². The lowest BCUT2D eigenvalue weighted by Gasteiger charge is -2.24. The summed E-state index contributed by atoms with van der Waals surface area (Å²) in [7, 11) is 0. The number of nitrogens with one attached hydrogen (secondary N) is 3. The number of carbonyl (C=O) groups is 3. The second-order valence-electron chi connectivity index (χ2n) is 10.5. The normalized spacial score (nSPS) is 20.2. The monoisotopic (exact) mass is 570 g/mol. The zero-order valence-electron chi connectivity index (χ0n) is 23.1. The molecule has 0 saturated heterocycles. The molecule has 224 valence electrons. The van der Waals surface area contributed by atoms with Crippen LogP contribution in [-0.2, 0) is 27.2 Å². The zero-order valence-corrected chi connectivity index (χ0v) is 23.1. The van der Waals surface area contributed by atoms with Crippen LogP contribution in [-0.4, -0.2) is 76.9 Å². The smallest absolute Gasteiger partial charge is 0.243 e. The zero-order chi connectivity index (χ0) is 29.9. The van der Waals surface area contributed by atoms with Crippen LogP contribution < -0.4 is 33.2 Å². The fourth-order valence-electron chi connectivity index (χ4n) is 4.77. The number of hydrogen-bond donors (Lipinski definition) is 9. The van der Waals surface area contributed by atoms with Gasteiger partial charge in [0, 0.05) is 32.0 Å². The maximum atomic E-state index is 13.4. The summed E-state index contributed by atoms with van der Waals surface area (Å²) in [6.45, 7) is 0.576. The molecular weight excluding hydrogens is 528 g/mol. The molecule has 4 bridgehead atoms. The number of phenolic OH excluding ortho intramolecular Hbond substituents is 2. The standard InChI is InChI=1S/C29H42N6O6/c30-10-1-4-23-29(41)35-24(28(40)33-11-2-3-21(31)9-12-36)16-20-14-18(6-8-26(20)38)17-5-7-25(37)19(13-17)15-22(32)27(39)34-23/h5-8,13-14,21-24,36-38H,1-4,9-12,15-16,30-32H2,(H,33,40)(H,34,39)(H,35,41)/t21-,22-,23-,24?/m0/s1. The minimum Gasteiger partial charge on any atom is -0.508 e. The Kier molecular flexibility index (Phi) is 11.9. The van der Waals surface area contributed by atoms with Gasteiger partial charge in [-0.2, -0.15) is 0 Å². The third kappa shape index (κ3) is 9.15. The second-order valence-corrected chi connectivity index (χ2v) is 10.5. The molecule has 1 aliphatic rings. The van der Waals surface area contributed by atoms with Gasteiger partial charge >= 0.3 is 0 Å². The van der Waals surface area contributed by atoms with Gasteiger partial charge in [0.05, 0.1) is 6.04 Å². The van der Waals surface area contributed by atoms with Gasteiger partial charge in [-0.15, -0.1) is 0 Å². The Morgan fingerprint density at radius 1 is 0.951 bits per heavy atom. The number of fused-ring (bicyclic) bond motifs is 5. The number of aliphatic hydroxyl groups is 1. The first-order chi connectivity index (χ1) is 19.6. The first-order valence-electron chi connectivity index (χ1n) is 14.0. The number of phenols is 2. The lowest BCUT2D eigenvalue weighted by Crippen LogP contribution is -2.56. The van der Waals surface area contributed by atoms with Crippen molar-refractivity contribution in [1.82, 2.24) is 16.0 Å². The molecule has 0 saturated carbocycles. The quantitative estimate of drug-likeness (QED) is 0.168. The van der Waals surface area contributed by atoms with Gasteiger partial charge in [-0.3, -0.25) is 14.4 Å². The van der Waals surface area contributed by atoms with Crippen molar-refractivity contribution in [2.75, 3.05) is 19.7 Å². The molecule has 2 aromatic carbocycles. The maximum absolute atomic E-state index is 13.4. The van der Waals surface area contributed by atoms with E-state index in [9.17, 15) is 24.6 Å². The Morgan fingerprint density at radius 3 is 2.20 bits per heavy atom. The van der Waals surface area contributed by atoms with Crippen molar-refractivity contribution in [2.45, 2.75) is 69.1 Å². The van der Waals surface area contributed by atoms with Crippen molar-refractivity contribution in [3.63, 3.8) is 0 Å². The largest absolute Gasteiger partial charge is 0.508 e. The molecule has 2 aromatic rings. The summed E-state index contributed by atoms with van der Waals surface area (Å²) in [4.78, 5) is 39.7. The molecule has 0 aromatic heterocycles. The van der Waals surface area contributed by atoms with Gasteiger partial charge in [-0.05, 0) is 85.2 Å². The third-order valence-electron chi connectivity index (χ3n) is 7.21. The summed E-state index contributed by atoms with van der Waals surface area (Å²) in [5, 5.41) is 38.4. The van der Waals surface area contributed by atoms with Gasteiger partial charge in [-0.25, -0.2) is 0 Å². The summed E-state index contributed by atoms with van der Waals surface area (Å²) >= 11 is 0. The van der Waals surface area contributed by atoms with E-state index >= 15 is 0 Å². The Labute approximate surface area is 239 Å². The molecule has 0 spiro atoms. The Bertz CT molecular complexity index is 1210. The van der Waals surface area contributed by atoms with Crippen molar-refractivity contribution < 1.29 is 29.7 Å². The number of rotatable bonds is 10. The van der Waals surface area contributed by atoms with E-state index in [0.29, 0.717) is 54.5 Å². The summed E-state index contributed by atoms with van der Waals surface area (Å²) in [6.07, 6.45) is 2.29. The summed E-state index contributed by atoms with van der Waals surface area (Å²) in [5.74, 6) is -1.70. The molecule has 4 atom stereocenters.